The standard InChI is InChI=1S/C15H12ClNO4S/c1-10-7-12(4-6-14(10)20-2)22(18,19)21-15-5-3-11(9-17)8-13(15)16/h3-8H,1-2H3. The maximum Gasteiger partial charge on any atom is 0.339 e. The third-order valence-corrected chi connectivity index (χ3v) is 4.44. The number of nitriles is 1. The molecular formula is C15H12ClNO4S. The van der Waals surface area contributed by atoms with Gasteiger partial charge in [0.2, 0.25) is 0 Å². The van der Waals surface area contributed by atoms with E-state index in [9.17, 15) is 8.42 Å². The van der Waals surface area contributed by atoms with Crippen LogP contribution in [-0.2, 0) is 10.1 Å². The molecule has 0 aliphatic heterocycles. The number of benzene rings is 2. The van der Waals surface area contributed by atoms with Crippen LogP contribution in [0.2, 0.25) is 5.02 Å². The molecule has 0 aliphatic carbocycles. The van der Waals surface area contributed by atoms with Gasteiger partial charge in [0.15, 0.2) is 5.75 Å². The number of halogens is 1. The van der Waals surface area contributed by atoms with Gasteiger partial charge in [0.25, 0.3) is 0 Å². The zero-order valence-electron chi connectivity index (χ0n) is 11.8. The van der Waals surface area contributed by atoms with Crippen LogP contribution in [0.4, 0.5) is 0 Å². The number of hydrogen-bond donors (Lipinski definition) is 0. The van der Waals surface area contributed by atoms with E-state index >= 15 is 0 Å². The maximum atomic E-state index is 12.3. The van der Waals surface area contributed by atoms with E-state index in [-0.39, 0.29) is 15.7 Å². The van der Waals surface area contributed by atoms with E-state index in [2.05, 4.69) is 0 Å². The van der Waals surface area contributed by atoms with Crippen LogP contribution in [0, 0.1) is 18.3 Å². The Bertz CT molecular complexity index is 856. The first-order valence-corrected chi connectivity index (χ1v) is 7.95. The SMILES string of the molecule is COc1ccc(S(=O)(=O)Oc2ccc(C#N)cc2Cl)cc1C. The Morgan fingerprint density at radius 3 is 2.36 bits per heavy atom. The molecule has 2 aromatic carbocycles. The second-order valence-corrected chi connectivity index (χ2v) is 6.38. The molecule has 0 saturated carbocycles. The Labute approximate surface area is 133 Å². The van der Waals surface area contributed by atoms with Crippen molar-refractivity contribution in [3.05, 3.63) is 52.5 Å². The fourth-order valence-electron chi connectivity index (χ4n) is 1.81. The summed E-state index contributed by atoms with van der Waals surface area (Å²) >= 11 is 5.92. The van der Waals surface area contributed by atoms with Gasteiger partial charge in [-0.2, -0.15) is 13.7 Å². The lowest BCUT2D eigenvalue weighted by molar-refractivity contribution is 0.411. The number of aryl methyl sites for hydroxylation is 1. The lowest BCUT2D eigenvalue weighted by Crippen LogP contribution is -2.10. The van der Waals surface area contributed by atoms with E-state index in [4.69, 9.17) is 25.8 Å². The highest BCUT2D eigenvalue weighted by Gasteiger charge is 2.19. The monoisotopic (exact) mass is 337 g/mol. The molecule has 0 saturated heterocycles. The van der Waals surface area contributed by atoms with Crippen LogP contribution < -0.4 is 8.92 Å². The summed E-state index contributed by atoms with van der Waals surface area (Å²) < 4.78 is 34.7. The summed E-state index contributed by atoms with van der Waals surface area (Å²) in [6, 6.07) is 10.4. The fraction of sp³-hybridized carbons (Fsp3) is 0.133. The first-order chi connectivity index (χ1) is 10.4. The molecule has 0 spiro atoms. The van der Waals surface area contributed by atoms with Crippen molar-refractivity contribution in [2.24, 2.45) is 0 Å². The molecule has 0 heterocycles. The van der Waals surface area contributed by atoms with Gasteiger partial charge in [0.05, 0.1) is 23.8 Å². The van der Waals surface area contributed by atoms with Gasteiger partial charge in [-0.3, -0.25) is 0 Å². The number of rotatable bonds is 4. The summed E-state index contributed by atoms with van der Waals surface area (Å²) in [5, 5.41) is 8.81. The normalized spacial score (nSPS) is 10.8. The van der Waals surface area contributed by atoms with Crippen molar-refractivity contribution in [3.63, 3.8) is 0 Å². The van der Waals surface area contributed by atoms with Crippen molar-refractivity contribution in [2.45, 2.75) is 11.8 Å². The highest BCUT2D eigenvalue weighted by molar-refractivity contribution is 7.87. The minimum atomic E-state index is -4.03. The first-order valence-electron chi connectivity index (χ1n) is 6.16. The molecule has 0 aromatic heterocycles. The zero-order valence-corrected chi connectivity index (χ0v) is 13.4. The van der Waals surface area contributed by atoms with Crippen molar-refractivity contribution < 1.29 is 17.3 Å². The third-order valence-electron chi connectivity index (χ3n) is 2.92. The van der Waals surface area contributed by atoms with Crippen LogP contribution in [0.3, 0.4) is 0 Å². The zero-order chi connectivity index (χ0) is 16.3. The van der Waals surface area contributed by atoms with Crippen LogP contribution >= 0.6 is 11.6 Å². The predicted molar refractivity (Wildman–Crippen MR) is 81.7 cm³/mol. The number of nitrogens with zero attached hydrogens (tertiary/aromatic N) is 1. The van der Waals surface area contributed by atoms with E-state index in [0.717, 1.165) is 0 Å². The summed E-state index contributed by atoms with van der Waals surface area (Å²) in [7, 11) is -2.52. The van der Waals surface area contributed by atoms with Crippen molar-refractivity contribution >= 4 is 21.7 Å². The minimum absolute atomic E-state index is 0.00812. The summed E-state index contributed by atoms with van der Waals surface area (Å²) in [5.41, 5.74) is 0.980. The average molecular weight is 338 g/mol. The van der Waals surface area contributed by atoms with Gasteiger partial charge >= 0.3 is 10.1 Å². The van der Waals surface area contributed by atoms with Crippen LogP contribution in [0.25, 0.3) is 0 Å². The lowest BCUT2D eigenvalue weighted by Gasteiger charge is -2.10. The summed E-state index contributed by atoms with van der Waals surface area (Å²) in [5.74, 6) is 0.546. The topological polar surface area (TPSA) is 76.4 Å². The molecule has 5 nitrogen and oxygen atoms in total. The van der Waals surface area contributed by atoms with Crippen LogP contribution in [0.1, 0.15) is 11.1 Å². The smallest absolute Gasteiger partial charge is 0.339 e. The van der Waals surface area contributed by atoms with E-state index in [0.29, 0.717) is 16.9 Å². The number of methoxy groups -OCH3 is 1. The van der Waals surface area contributed by atoms with Gasteiger partial charge in [-0.25, -0.2) is 0 Å². The van der Waals surface area contributed by atoms with Crippen molar-refractivity contribution in [3.8, 4) is 17.6 Å². The minimum Gasteiger partial charge on any atom is -0.496 e. The molecule has 114 valence electrons. The maximum absolute atomic E-state index is 12.3. The summed E-state index contributed by atoms with van der Waals surface area (Å²) in [6.45, 7) is 1.73. The first kappa shape index (κ1) is 16.1. The second-order valence-electron chi connectivity index (χ2n) is 4.43. The van der Waals surface area contributed by atoms with E-state index < -0.39 is 10.1 Å². The third kappa shape index (κ3) is 3.32. The number of ether oxygens (including phenoxy) is 1. The molecule has 0 radical (unpaired) electrons. The Kier molecular flexibility index (Phi) is 4.59. The van der Waals surface area contributed by atoms with Crippen molar-refractivity contribution in [1.29, 1.82) is 5.26 Å². The average Bonchev–Trinajstić information content (AvgIpc) is 2.49. The molecule has 2 rings (SSSR count). The van der Waals surface area contributed by atoms with Crippen molar-refractivity contribution in [1.82, 2.24) is 0 Å². The Hall–Kier alpha value is -2.23. The summed E-state index contributed by atoms with van der Waals surface area (Å²) in [4.78, 5) is -0.00812. The van der Waals surface area contributed by atoms with Gasteiger partial charge < -0.3 is 8.92 Å². The molecule has 0 N–H and O–H groups in total. The predicted octanol–water partition coefficient (Wildman–Crippen LogP) is 3.30. The molecule has 7 heteroatoms. The van der Waals surface area contributed by atoms with E-state index in [1.807, 2.05) is 6.07 Å². The van der Waals surface area contributed by atoms with Gasteiger partial charge in [0, 0.05) is 0 Å². The van der Waals surface area contributed by atoms with E-state index in [1.165, 1.54) is 37.4 Å². The molecule has 2 aromatic rings. The lowest BCUT2D eigenvalue weighted by atomic mass is 10.2. The second kappa shape index (κ2) is 6.26. The molecule has 0 amide bonds. The molecular weight excluding hydrogens is 326 g/mol. The van der Waals surface area contributed by atoms with E-state index in [1.54, 1.807) is 13.0 Å². The molecule has 22 heavy (non-hydrogen) atoms. The number of hydrogen-bond acceptors (Lipinski definition) is 5. The Morgan fingerprint density at radius 2 is 1.82 bits per heavy atom. The fourth-order valence-corrected chi connectivity index (χ4v) is 3.11. The molecule has 0 aliphatic rings. The summed E-state index contributed by atoms with van der Waals surface area (Å²) in [6.07, 6.45) is 0. The molecule has 0 atom stereocenters. The van der Waals surface area contributed by atoms with Gasteiger partial charge in [-0.1, -0.05) is 11.6 Å². The molecule has 0 bridgehead atoms. The highest BCUT2D eigenvalue weighted by atomic mass is 35.5. The van der Waals surface area contributed by atoms with Crippen LogP contribution in [0.5, 0.6) is 11.5 Å². The largest absolute Gasteiger partial charge is 0.496 e. The van der Waals surface area contributed by atoms with Gasteiger partial charge in [-0.05, 0) is 48.9 Å². The Morgan fingerprint density at radius 1 is 1.14 bits per heavy atom. The highest BCUT2D eigenvalue weighted by Crippen LogP contribution is 2.29. The van der Waals surface area contributed by atoms with Gasteiger partial charge in [0.1, 0.15) is 10.6 Å². The molecule has 0 fully saturated rings. The van der Waals surface area contributed by atoms with Crippen molar-refractivity contribution in [2.75, 3.05) is 7.11 Å². The Balaban J connectivity index is 2.36. The quantitative estimate of drug-likeness (QED) is 0.800. The van der Waals surface area contributed by atoms with Crippen LogP contribution in [0.15, 0.2) is 41.3 Å². The van der Waals surface area contributed by atoms with Gasteiger partial charge in [-0.15, -0.1) is 0 Å². The molecule has 0 unspecified atom stereocenters. The van der Waals surface area contributed by atoms with Crippen LogP contribution in [-0.4, -0.2) is 15.5 Å².